The van der Waals surface area contributed by atoms with Gasteiger partial charge in [0.15, 0.2) is 23.3 Å². The van der Waals surface area contributed by atoms with Crippen molar-refractivity contribution < 1.29 is 22.4 Å². The van der Waals surface area contributed by atoms with Crippen molar-refractivity contribution in [3.63, 3.8) is 0 Å². The van der Waals surface area contributed by atoms with Crippen LogP contribution in [0.1, 0.15) is 43.3 Å². The topological polar surface area (TPSA) is 46.9 Å². The van der Waals surface area contributed by atoms with Crippen molar-refractivity contribution in [2.24, 2.45) is 7.05 Å². The van der Waals surface area contributed by atoms with Crippen molar-refractivity contribution >= 4 is 17.5 Å². The van der Waals surface area contributed by atoms with Gasteiger partial charge in [0.05, 0.1) is 22.8 Å². The summed E-state index contributed by atoms with van der Waals surface area (Å²) in [5, 5.41) is 6.61. The number of hydrogen-bond donors (Lipinski definition) is 1. The van der Waals surface area contributed by atoms with Crippen LogP contribution in [-0.2, 0) is 30.2 Å². The molecule has 0 unspecified atom stereocenters. The molecule has 0 aliphatic heterocycles. The van der Waals surface area contributed by atoms with E-state index in [0.29, 0.717) is 16.4 Å². The lowest BCUT2D eigenvalue weighted by Crippen LogP contribution is -2.28. The number of carbonyl (C=O) groups is 1. The van der Waals surface area contributed by atoms with Crippen molar-refractivity contribution in [1.29, 1.82) is 0 Å². The number of rotatable bonds is 4. The second kappa shape index (κ2) is 7.50. The fourth-order valence-corrected chi connectivity index (χ4v) is 2.99. The minimum atomic E-state index is -1.52. The Hall–Kier alpha value is -2.09. The molecule has 0 saturated carbocycles. The van der Waals surface area contributed by atoms with Crippen molar-refractivity contribution in [3.05, 3.63) is 50.8 Å². The number of carbonyl (C=O) groups excluding carboxylic acids is 1. The standard InChI is InChI=1S/C18H20ClF4N3O/c1-8-13(19)10(26(5)25-8)6-11(27)24-7-9-14(20)16(22)12(18(2,3)4)17(23)15(9)21/h6-7H2,1-5H3,(H,24,27). The number of nitrogens with zero attached hydrogens (tertiary/aromatic N) is 2. The number of nitrogens with one attached hydrogen (secondary N) is 1. The second-order valence-electron chi connectivity index (χ2n) is 7.28. The van der Waals surface area contributed by atoms with Gasteiger partial charge in [-0.1, -0.05) is 32.4 Å². The van der Waals surface area contributed by atoms with E-state index in [-0.39, 0.29) is 6.42 Å². The monoisotopic (exact) mass is 405 g/mol. The fraction of sp³-hybridized carbons (Fsp3) is 0.444. The van der Waals surface area contributed by atoms with Gasteiger partial charge >= 0.3 is 0 Å². The summed E-state index contributed by atoms with van der Waals surface area (Å²) < 4.78 is 58.5. The van der Waals surface area contributed by atoms with Crippen LogP contribution in [0.4, 0.5) is 17.6 Å². The van der Waals surface area contributed by atoms with Crippen molar-refractivity contribution in [3.8, 4) is 0 Å². The van der Waals surface area contributed by atoms with Crippen molar-refractivity contribution in [2.75, 3.05) is 0 Å². The highest BCUT2D eigenvalue weighted by Crippen LogP contribution is 2.33. The highest BCUT2D eigenvalue weighted by Gasteiger charge is 2.31. The molecule has 1 aromatic heterocycles. The Kier molecular flexibility index (Phi) is 5.89. The summed E-state index contributed by atoms with van der Waals surface area (Å²) in [6, 6.07) is 0. The lowest BCUT2D eigenvalue weighted by Gasteiger charge is -2.22. The number of halogens is 5. The van der Waals surface area contributed by atoms with Gasteiger partial charge in [0.1, 0.15) is 0 Å². The predicted molar refractivity (Wildman–Crippen MR) is 93.5 cm³/mol. The maximum atomic E-state index is 14.3. The minimum absolute atomic E-state index is 0.204. The quantitative estimate of drug-likeness (QED) is 0.615. The lowest BCUT2D eigenvalue weighted by atomic mass is 9.85. The van der Waals surface area contributed by atoms with Crippen molar-refractivity contribution in [2.45, 2.75) is 46.1 Å². The van der Waals surface area contributed by atoms with Gasteiger partial charge in [0, 0.05) is 24.7 Å². The smallest absolute Gasteiger partial charge is 0.226 e. The molecular formula is C18H20ClF4N3O. The number of amides is 1. The molecule has 148 valence electrons. The summed E-state index contributed by atoms with van der Waals surface area (Å²) in [7, 11) is 1.59. The van der Waals surface area contributed by atoms with E-state index in [1.165, 1.54) is 25.5 Å². The van der Waals surface area contributed by atoms with E-state index in [4.69, 9.17) is 11.6 Å². The van der Waals surface area contributed by atoms with E-state index < -0.39 is 52.3 Å². The Bertz CT molecular complexity index is 874. The first kappa shape index (κ1) is 21.2. The van der Waals surface area contributed by atoms with Crippen LogP contribution in [0.25, 0.3) is 0 Å². The van der Waals surface area contributed by atoms with Gasteiger partial charge in [-0.05, 0) is 12.3 Å². The van der Waals surface area contributed by atoms with Crippen LogP contribution < -0.4 is 5.32 Å². The summed E-state index contributed by atoms with van der Waals surface area (Å²) in [5.74, 6) is -6.59. The zero-order valence-electron chi connectivity index (χ0n) is 15.6. The largest absolute Gasteiger partial charge is 0.351 e. The maximum Gasteiger partial charge on any atom is 0.226 e. The van der Waals surface area contributed by atoms with Crippen LogP contribution in [0.3, 0.4) is 0 Å². The van der Waals surface area contributed by atoms with Gasteiger partial charge in [-0.3, -0.25) is 9.48 Å². The molecule has 0 fully saturated rings. The third-order valence-electron chi connectivity index (χ3n) is 4.16. The summed E-state index contributed by atoms with van der Waals surface area (Å²) in [6.07, 6.45) is -0.204. The Balaban J connectivity index is 2.24. The van der Waals surface area contributed by atoms with Crippen LogP contribution in [0.15, 0.2) is 0 Å². The molecule has 0 atom stereocenters. The van der Waals surface area contributed by atoms with Gasteiger partial charge < -0.3 is 5.32 Å². The lowest BCUT2D eigenvalue weighted by molar-refractivity contribution is -0.120. The summed E-state index contributed by atoms with van der Waals surface area (Å²) >= 11 is 6.04. The maximum absolute atomic E-state index is 14.3. The molecule has 0 radical (unpaired) electrons. The van der Waals surface area contributed by atoms with E-state index in [1.807, 2.05) is 0 Å². The number of aryl methyl sites for hydroxylation is 2. The molecule has 0 aliphatic rings. The van der Waals surface area contributed by atoms with E-state index in [1.54, 1.807) is 14.0 Å². The molecule has 1 heterocycles. The van der Waals surface area contributed by atoms with Crippen LogP contribution in [0.2, 0.25) is 5.02 Å². The highest BCUT2D eigenvalue weighted by molar-refractivity contribution is 6.32. The Morgan fingerprint density at radius 1 is 1.11 bits per heavy atom. The Labute approximate surface area is 159 Å². The predicted octanol–water partition coefficient (Wildman–Crippen LogP) is 4.09. The molecular weight excluding hydrogens is 386 g/mol. The Morgan fingerprint density at radius 3 is 2.04 bits per heavy atom. The molecule has 1 aromatic carbocycles. The molecule has 0 bridgehead atoms. The van der Waals surface area contributed by atoms with Crippen LogP contribution >= 0.6 is 11.6 Å². The number of hydrogen-bond acceptors (Lipinski definition) is 2. The third kappa shape index (κ3) is 4.10. The van der Waals surface area contributed by atoms with Gasteiger partial charge in [-0.25, -0.2) is 17.6 Å². The summed E-state index contributed by atoms with van der Waals surface area (Å²) in [6.45, 7) is 5.28. The zero-order valence-corrected chi connectivity index (χ0v) is 16.4. The van der Waals surface area contributed by atoms with E-state index in [0.717, 1.165) is 0 Å². The molecule has 0 spiro atoms. The third-order valence-corrected chi connectivity index (χ3v) is 4.65. The second-order valence-corrected chi connectivity index (χ2v) is 7.66. The normalized spacial score (nSPS) is 11.8. The molecule has 0 saturated heterocycles. The molecule has 0 aliphatic carbocycles. The molecule has 2 aromatic rings. The van der Waals surface area contributed by atoms with Gasteiger partial charge in [0.2, 0.25) is 5.91 Å². The number of aromatic nitrogens is 2. The molecule has 1 amide bonds. The summed E-state index contributed by atoms with van der Waals surface area (Å²) in [4.78, 5) is 12.1. The fourth-order valence-electron chi connectivity index (χ4n) is 2.76. The zero-order chi connectivity index (χ0) is 20.7. The highest BCUT2D eigenvalue weighted by atomic mass is 35.5. The molecule has 4 nitrogen and oxygen atoms in total. The van der Waals surface area contributed by atoms with Gasteiger partial charge in [-0.2, -0.15) is 5.10 Å². The average molecular weight is 406 g/mol. The number of benzene rings is 1. The van der Waals surface area contributed by atoms with Crippen LogP contribution in [0, 0.1) is 30.2 Å². The average Bonchev–Trinajstić information content (AvgIpc) is 2.78. The summed E-state index contributed by atoms with van der Waals surface area (Å²) in [5.41, 5.74) is -1.75. The first-order valence-electron chi connectivity index (χ1n) is 8.16. The first-order valence-corrected chi connectivity index (χ1v) is 8.54. The SMILES string of the molecule is Cc1nn(C)c(CC(=O)NCc2c(F)c(F)c(C(C)(C)C)c(F)c2F)c1Cl. The van der Waals surface area contributed by atoms with E-state index in [9.17, 15) is 22.4 Å². The molecule has 27 heavy (non-hydrogen) atoms. The van der Waals surface area contributed by atoms with Gasteiger partial charge in [0.25, 0.3) is 0 Å². The molecule has 9 heteroatoms. The van der Waals surface area contributed by atoms with Crippen molar-refractivity contribution in [1.82, 2.24) is 15.1 Å². The van der Waals surface area contributed by atoms with E-state index in [2.05, 4.69) is 10.4 Å². The van der Waals surface area contributed by atoms with Gasteiger partial charge in [-0.15, -0.1) is 0 Å². The van der Waals surface area contributed by atoms with Crippen LogP contribution in [-0.4, -0.2) is 15.7 Å². The first-order chi connectivity index (χ1) is 12.4. The van der Waals surface area contributed by atoms with Crippen LogP contribution in [0.5, 0.6) is 0 Å². The molecule has 1 N–H and O–H groups in total. The minimum Gasteiger partial charge on any atom is -0.351 e. The van der Waals surface area contributed by atoms with E-state index >= 15 is 0 Å². The molecule has 2 rings (SSSR count). The Morgan fingerprint density at radius 2 is 1.63 bits per heavy atom.